The average molecular weight is 351 g/mol. The number of non-ortho nitro benzene ring substituents is 1. The van der Waals surface area contributed by atoms with Gasteiger partial charge in [-0.1, -0.05) is 35.9 Å². The lowest BCUT2D eigenvalue weighted by atomic mass is 10.2. The highest BCUT2D eigenvalue weighted by molar-refractivity contribution is 6.31. The van der Waals surface area contributed by atoms with E-state index in [1.54, 1.807) is 12.1 Å². The van der Waals surface area contributed by atoms with Gasteiger partial charge in [0.2, 0.25) is 0 Å². The monoisotopic (exact) mass is 350 g/mol. The molecular formula is C17H19ClN2O4. The topological polar surface area (TPSA) is 75.8 Å². The molecule has 24 heavy (non-hydrogen) atoms. The highest BCUT2D eigenvalue weighted by atomic mass is 35.5. The summed E-state index contributed by atoms with van der Waals surface area (Å²) in [5.41, 5.74) is 0.936. The van der Waals surface area contributed by atoms with Gasteiger partial charge in [-0.05, 0) is 24.7 Å². The minimum absolute atomic E-state index is 0.0437. The Hall–Kier alpha value is -2.15. The Kier molecular flexibility index (Phi) is 6.54. The molecule has 7 heteroatoms. The summed E-state index contributed by atoms with van der Waals surface area (Å²) in [7, 11) is 1.87. The Labute approximate surface area is 145 Å². The van der Waals surface area contributed by atoms with E-state index in [1.165, 1.54) is 12.1 Å². The molecule has 1 unspecified atom stereocenters. The zero-order valence-corrected chi connectivity index (χ0v) is 14.0. The van der Waals surface area contributed by atoms with Gasteiger partial charge in [0.1, 0.15) is 18.5 Å². The number of nitrogens with zero attached hydrogens (tertiary/aromatic N) is 2. The van der Waals surface area contributed by atoms with Crippen molar-refractivity contribution >= 4 is 17.3 Å². The summed E-state index contributed by atoms with van der Waals surface area (Å²) in [4.78, 5) is 12.2. The number of nitro benzene ring substituents is 1. The van der Waals surface area contributed by atoms with Crippen LogP contribution in [0, 0.1) is 10.1 Å². The molecule has 0 aromatic heterocycles. The first-order valence-corrected chi connectivity index (χ1v) is 7.81. The van der Waals surface area contributed by atoms with Gasteiger partial charge in [-0.15, -0.1) is 0 Å². The first kappa shape index (κ1) is 18.2. The van der Waals surface area contributed by atoms with Gasteiger partial charge in [0.05, 0.1) is 11.0 Å². The van der Waals surface area contributed by atoms with Crippen LogP contribution < -0.4 is 4.74 Å². The molecule has 0 aliphatic heterocycles. The maximum absolute atomic E-state index is 10.7. The number of likely N-dealkylation sites (N-methyl/N-ethyl adjacent to an activating group) is 1. The Morgan fingerprint density at radius 2 is 2.04 bits per heavy atom. The smallest absolute Gasteiger partial charge is 0.273 e. The quantitative estimate of drug-likeness (QED) is 0.584. The fourth-order valence-corrected chi connectivity index (χ4v) is 2.47. The summed E-state index contributed by atoms with van der Waals surface area (Å²) in [5, 5.41) is 21.5. The van der Waals surface area contributed by atoms with Gasteiger partial charge in [0, 0.05) is 24.2 Å². The van der Waals surface area contributed by atoms with Crippen molar-refractivity contribution in [2.75, 3.05) is 20.2 Å². The highest BCUT2D eigenvalue weighted by Crippen LogP contribution is 2.19. The van der Waals surface area contributed by atoms with Crippen molar-refractivity contribution in [1.29, 1.82) is 0 Å². The number of halogens is 1. The largest absolute Gasteiger partial charge is 0.491 e. The Morgan fingerprint density at radius 3 is 2.75 bits per heavy atom. The molecule has 0 saturated carbocycles. The van der Waals surface area contributed by atoms with Crippen LogP contribution in [0.3, 0.4) is 0 Å². The SMILES string of the molecule is CN(Cc1ccccc1Cl)CC(O)COc1cccc([N+](=O)[O-])c1. The molecule has 0 spiro atoms. The third-order valence-corrected chi connectivity index (χ3v) is 3.76. The number of rotatable bonds is 8. The van der Waals surface area contributed by atoms with Crippen molar-refractivity contribution in [1.82, 2.24) is 4.90 Å². The van der Waals surface area contributed by atoms with Gasteiger partial charge in [-0.3, -0.25) is 15.0 Å². The lowest BCUT2D eigenvalue weighted by molar-refractivity contribution is -0.384. The molecule has 0 heterocycles. The predicted octanol–water partition coefficient (Wildman–Crippen LogP) is 3.12. The number of hydrogen-bond acceptors (Lipinski definition) is 5. The van der Waals surface area contributed by atoms with E-state index in [4.69, 9.17) is 16.3 Å². The van der Waals surface area contributed by atoms with E-state index in [1.807, 2.05) is 36.2 Å². The molecule has 1 N–H and O–H groups in total. The van der Waals surface area contributed by atoms with E-state index in [0.29, 0.717) is 23.9 Å². The van der Waals surface area contributed by atoms with Gasteiger partial charge in [0.25, 0.3) is 5.69 Å². The van der Waals surface area contributed by atoms with E-state index in [0.717, 1.165) is 5.56 Å². The van der Waals surface area contributed by atoms with Crippen LogP contribution in [-0.2, 0) is 6.54 Å². The Morgan fingerprint density at radius 1 is 1.29 bits per heavy atom. The van der Waals surface area contributed by atoms with Gasteiger partial charge in [0.15, 0.2) is 0 Å². The second-order valence-electron chi connectivity index (χ2n) is 5.51. The van der Waals surface area contributed by atoms with Gasteiger partial charge in [-0.25, -0.2) is 0 Å². The first-order valence-electron chi connectivity index (χ1n) is 7.43. The van der Waals surface area contributed by atoms with Crippen molar-refractivity contribution < 1.29 is 14.8 Å². The van der Waals surface area contributed by atoms with Crippen LogP contribution in [0.4, 0.5) is 5.69 Å². The van der Waals surface area contributed by atoms with Crippen molar-refractivity contribution in [2.24, 2.45) is 0 Å². The number of aliphatic hydroxyl groups is 1. The summed E-state index contributed by atoms with van der Waals surface area (Å²) in [6.07, 6.45) is -0.725. The summed E-state index contributed by atoms with van der Waals surface area (Å²) < 4.78 is 5.43. The van der Waals surface area contributed by atoms with E-state index in [2.05, 4.69) is 0 Å². The fourth-order valence-electron chi connectivity index (χ4n) is 2.27. The van der Waals surface area contributed by atoms with Crippen LogP contribution in [0.5, 0.6) is 5.75 Å². The third-order valence-electron chi connectivity index (χ3n) is 3.39. The zero-order chi connectivity index (χ0) is 17.5. The lowest BCUT2D eigenvalue weighted by Crippen LogP contribution is -2.32. The third kappa shape index (κ3) is 5.49. The van der Waals surface area contributed by atoms with E-state index in [-0.39, 0.29) is 12.3 Å². The van der Waals surface area contributed by atoms with Gasteiger partial charge in [-0.2, -0.15) is 0 Å². The van der Waals surface area contributed by atoms with Gasteiger partial charge >= 0.3 is 0 Å². The molecule has 0 fully saturated rings. The molecule has 1 atom stereocenters. The standard InChI is InChI=1S/C17H19ClN2O4/c1-19(10-13-5-2-3-8-17(13)18)11-15(21)12-24-16-7-4-6-14(9-16)20(22)23/h2-9,15,21H,10-12H2,1H3. The van der Waals surface area contributed by atoms with Crippen LogP contribution in [-0.4, -0.2) is 41.2 Å². The van der Waals surface area contributed by atoms with Crippen LogP contribution in [0.25, 0.3) is 0 Å². The molecular weight excluding hydrogens is 332 g/mol. The summed E-state index contributed by atoms with van der Waals surface area (Å²) in [5.74, 6) is 0.358. The number of ether oxygens (including phenoxy) is 1. The van der Waals surface area contributed by atoms with E-state index < -0.39 is 11.0 Å². The fraction of sp³-hybridized carbons (Fsp3) is 0.294. The van der Waals surface area contributed by atoms with Crippen LogP contribution in [0.15, 0.2) is 48.5 Å². The molecule has 0 aliphatic rings. The number of nitro groups is 1. The number of aliphatic hydroxyl groups excluding tert-OH is 1. The van der Waals surface area contributed by atoms with Crippen molar-refractivity contribution in [3.05, 3.63) is 69.2 Å². The summed E-state index contributed by atoms with van der Waals surface area (Å²) in [6.45, 7) is 1.04. The molecule has 0 amide bonds. The van der Waals surface area contributed by atoms with E-state index >= 15 is 0 Å². The second-order valence-corrected chi connectivity index (χ2v) is 5.91. The molecule has 0 saturated heterocycles. The molecule has 2 aromatic carbocycles. The van der Waals surface area contributed by atoms with Crippen molar-refractivity contribution in [3.8, 4) is 5.75 Å². The number of hydrogen-bond donors (Lipinski definition) is 1. The summed E-state index contributed by atoms with van der Waals surface area (Å²) in [6, 6.07) is 13.4. The maximum Gasteiger partial charge on any atom is 0.273 e. The molecule has 128 valence electrons. The lowest BCUT2D eigenvalue weighted by Gasteiger charge is -2.21. The highest BCUT2D eigenvalue weighted by Gasteiger charge is 2.12. The average Bonchev–Trinajstić information content (AvgIpc) is 2.55. The molecule has 0 aliphatic carbocycles. The maximum atomic E-state index is 10.7. The molecule has 6 nitrogen and oxygen atoms in total. The van der Waals surface area contributed by atoms with Gasteiger partial charge < -0.3 is 9.84 Å². The molecule has 0 radical (unpaired) electrons. The van der Waals surface area contributed by atoms with Crippen LogP contribution in [0.2, 0.25) is 5.02 Å². The minimum atomic E-state index is -0.725. The normalized spacial score (nSPS) is 12.2. The second kappa shape index (κ2) is 8.63. The Balaban J connectivity index is 1.82. The first-order chi connectivity index (χ1) is 11.5. The number of benzene rings is 2. The Bertz CT molecular complexity index is 696. The molecule has 2 aromatic rings. The summed E-state index contributed by atoms with van der Waals surface area (Å²) >= 11 is 6.12. The van der Waals surface area contributed by atoms with Crippen LogP contribution >= 0.6 is 11.6 Å². The van der Waals surface area contributed by atoms with Crippen molar-refractivity contribution in [3.63, 3.8) is 0 Å². The zero-order valence-electron chi connectivity index (χ0n) is 13.3. The molecule has 2 rings (SSSR count). The van der Waals surface area contributed by atoms with Crippen molar-refractivity contribution in [2.45, 2.75) is 12.6 Å². The van der Waals surface area contributed by atoms with Crippen LogP contribution in [0.1, 0.15) is 5.56 Å². The predicted molar refractivity (Wildman–Crippen MR) is 92.4 cm³/mol. The molecule has 0 bridgehead atoms. The van der Waals surface area contributed by atoms with E-state index in [9.17, 15) is 15.2 Å². The minimum Gasteiger partial charge on any atom is -0.491 e.